The highest BCUT2D eigenvalue weighted by Crippen LogP contribution is 2.20. The van der Waals surface area contributed by atoms with E-state index in [1.165, 1.54) is 0 Å². The molecule has 0 aliphatic heterocycles. The van der Waals surface area contributed by atoms with Gasteiger partial charge in [-0.15, -0.1) is 0 Å². The third-order valence-corrected chi connectivity index (χ3v) is 3.18. The van der Waals surface area contributed by atoms with Gasteiger partial charge in [-0.2, -0.15) is 5.26 Å². The molecule has 0 aliphatic rings. The van der Waals surface area contributed by atoms with Crippen LogP contribution in [0.4, 0.5) is 0 Å². The molecule has 0 N–H and O–H groups in total. The SMILES string of the molecule is COc1ccc(C#N)cc1Cn1ccn(C(C)C)c1=O. The first-order chi connectivity index (χ1) is 9.56. The minimum absolute atomic E-state index is 0.0654. The maximum atomic E-state index is 12.2. The van der Waals surface area contributed by atoms with Crippen molar-refractivity contribution in [3.05, 3.63) is 52.2 Å². The molecule has 1 aromatic carbocycles. The smallest absolute Gasteiger partial charge is 0.328 e. The zero-order valence-corrected chi connectivity index (χ0v) is 11.8. The van der Waals surface area contributed by atoms with Gasteiger partial charge < -0.3 is 4.74 Å². The summed E-state index contributed by atoms with van der Waals surface area (Å²) >= 11 is 0. The van der Waals surface area contributed by atoms with E-state index < -0.39 is 0 Å². The first-order valence-corrected chi connectivity index (χ1v) is 6.41. The molecule has 20 heavy (non-hydrogen) atoms. The second-order valence-corrected chi connectivity index (χ2v) is 4.85. The number of ether oxygens (including phenoxy) is 1. The molecule has 2 rings (SSSR count). The van der Waals surface area contributed by atoms with Crippen LogP contribution >= 0.6 is 0 Å². The third kappa shape index (κ3) is 2.59. The molecular weight excluding hydrogens is 254 g/mol. The minimum Gasteiger partial charge on any atom is -0.496 e. The average Bonchev–Trinajstić information content (AvgIpc) is 2.80. The Morgan fingerprint density at radius 1 is 1.35 bits per heavy atom. The van der Waals surface area contributed by atoms with Crippen LogP contribution < -0.4 is 10.4 Å². The zero-order chi connectivity index (χ0) is 14.7. The summed E-state index contributed by atoms with van der Waals surface area (Å²) in [4.78, 5) is 12.2. The maximum Gasteiger partial charge on any atom is 0.328 e. The molecule has 1 heterocycles. The normalized spacial score (nSPS) is 10.6. The lowest BCUT2D eigenvalue weighted by molar-refractivity contribution is 0.408. The van der Waals surface area contributed by atoms with Crippen LogP contribution in [0.1, 0.15) is 31.0 Å². The van der Waals surface area contributed by atoms with E-state index in [1.807, 2.05) is 13.8 Å². The summed E-state index contributed by atoms with van der Waals surface area (Å²) in [5, 5.41) is 8.96. The lowest BCUT2D eigenvalue weighted by Crippen LogP contribution is -2.25. The van der Waals surface area contributed by atoms with E-state index in [0.717, 1.165) is 5.56 Å². The second-order valence-electron chi connectivity index (χ2n) is 4.85. The largest absolute Gasteiger partial charge is 0.496 e. The van der Waals surface area contributed by atoms with Gasteiger partial charge in [0.2, 0.25) is 0 Å². The monoisotopic (exact) mass is 271 g/mol. The molecule has 1 aromatic heterocycles. The fraction of sp³-hybridized carbons (Fsp3) is 0.333. The lowest BCUT2D eigenvalue weighted by atomic mass is 10.1. The van der Waals surface area contributed by atoms with Crippen LogP contribution in [0.2, 0.25) is 0 Å². The summed E-state index contributed by atoms with van der Waals surface area (Å²) in [6.07, 6.45) is 3.52. The van der Waals surface area contributed by atoms with Gasteiger partial charge in [0.05, 0.1) is 25.3 Å². The van der Waals surface area contributed by atoms with Gasteiger partial charge in [-0.05, 0) is 32.0 Å². The van der Waals surface area contributed by atoms with Crippen molar-refractivity contribution in [1.29, 1.82) is 5.26 Å². The molecule has 0 saturated carbocycles. The summed E-state index contributed by atoms with van der Waals surface area (Å²) in [6, 6.07) is 7.41. The summed E-state index contributed by atoms with van der Waals surface area (Å²) in [7, 11) is 1.58. The Kier molecular flexibility index (Phi) is 3.94. The molecule has 0 radical (unpaired) electrons. The number of hydrogen-bond acceptors (Lipinski definition) is 3. The summed E-state index contributed by atoms with van der Waals surface area (Å²) in [5.41, 5.74) is 1.30. The fourth-order valence-corrected chi connectivity index (χ4v) is 2.10. The van der Waals surface area contributed by atoms with Crippen molar-refractivity contribution >= 4 is 0 Å². The average molecular weight is 271 g/mol. The van der Waals surface area contributed by atoms with Gasteiger partial charge in [-0.1, -0.05) is 0 Å². The van der Waals surface area contributed by atoms with Crippen LogP contribution in [0.15, 0.2) is 35.4 Å². The highest BCUT2D eigenvalue weighted by Gasteiger charge is 2.10. The molecular formula is C15H17N3O2. The van der Waals surface area contributed by atoms with Crippen molar-refractivity contribution in [3.63, 3.8) is 0 Å². The van der Waals surface area contributed by atoms with Gasteiger partial charge in [-0.25, -0.2) is 4.79 Å². The minimum atomic E-state index is -0.0654. The third-order valence-electron chi connectivity index (χ3n) is 3.18. The van der Waals surface area contributed by atoms with Crippen LogP contribution in [0, 0.1) is 11.3 Å². The maximum absolute atomic E-state index is 12.2. The van der Waals surface area contributed by atoms with E-state index in [0.29, 0.717) is 17.9 Å². The Balaban J connectivity index is 2.40. The van der Waals surface area contributed by atoms with Gasteiger partial charge in [0.25, 0.3) is 0 Å². The topological polar surface area (TPSA) is 59.9 Å². The number of hydrogen-bond donors (Lipinski definition) is 0. The van der Waals surface area contributed by atoms with Crippen molar-refractivity contribution in [2.75, 3.05) is 7.11 Å². The quantitative estimate of drug-likeness (QED) is 0.856. The van der Waals surface area contributed by atoms with Crippen molar-refractivity contribution in [3.8, 4) is 11.8 Å². The first kappa shape index (κ1) is 13.9. The Hall–Kier alpha value is -2.48. The number of rotatable bonds is 4. The number of nitriles is 1. The molecule has 0 bridgehead atoms. The zero-order valence-electron chi connectivity index (χ0n) is 11.8. The van der Waals surface area contributed by atoms with Crippen molar-refractivity contribution in [1.82, 2.24) is 9.13 Å². The Labute approximate surface area is 117 Å². The van der Waals surface area contributed by atoms with Crippen molar-refractivity contribution in [2.45, 2.75) is 26.4 Å². The van der Waals surface area contributed by atoms with E-state index in [2.05, 4.69) is 6.07 Å². The van der Waals surface area contributed by atoms with Crippen LogP contribution in [-0.4, -0.2) is 16.2 Å². The van der Waals surface area contributed by atoms with E-state index in [4.69, 9.17) is 10.00 Å². The standard InChI is InChI=1S/C15H17N3O2/c1-11(2)18-7-6-17(15(18)19)10-13-8-12(9-16)4-5-14(13)20-3/h4-8,11H,10H2,1-3H3. The van der Waals surface area contributed by atoms with Gasteiger partial charge in [0.15, 0.2) is 0 Å². The van der Waals surface area contributed by atoms with Gasteiger partial charge in [-0.3, -0.25) is 9.13 Å². The summed E-state index contributed by atoms with van der Waals surface area (Å²) < 4.78 is 8.56. The van der Waals surface area contributed by atoms with E-state index in [9.17, 15) is 4.79 Å². The molecule has 2 aromatic rings. The highest BCUT2D eigenvalue weighted by atomic mass is 16.5. The van der Waals surface area contributed by atoms with Crippen LogP contribution in [-0.2, 0) is 6.54 Å². The van der Waals surface area contributed by atoms with Crippen LogP contribution in [0.5, 0.6) is 5.75 Å². The number of benzene rings is 1. The van der Waals surface area contributed by atoms with Crippen LogP contribution in [0.25, 0.3) is 0 Å². The Morgan fingerprint density at radius 2 is 2.10 bits per heavy atom. The van der Waals surface area contributed by atoms with E-state index in [-0.39, 0.29) is 11.7 Å². The predicted octanol–water partition coefficient (Wildman–Crippen LogP) is 2.16. The van der Waals surface area contributed by atoms with Crippen molar-refractivity contribution < 1.29 is 4.74 Å². The van der Waals surface area contributed by atoms with E-state index in [1.54, 1.807) is 46.8 Å². The molecule has 0 spiro atoms. The molecule has 5 heteroatoms. The molecule has 0 saturated heterocycles. The van der Waals surface area contributed by atoms with Gasteiger partial charge in [0.1, 0.15) is 5.75 Å². The predicted molar refractivity (Wildman–Crippen MR) is 75.9 cm³/mol. The molecule has 0 amide bonds. The molecule has 104 valence electrons. The number of imidazole rings is 1. The first-order valence-electron chi connectivity index (χ1n) is 6.41. The number of aromatic nitrogens is 2. The van der Waals surface area contributed by atoms with Crippen molar-refractivity contribution in [2.24, 2.45) is 0 Å². The number of nitrogens with zero attached hydrogens (tertiary/aromatic N) is 3. The molecule has 0 atom stereocenters. The molecule has 0 fully saturated rings. The number of methoxy groups -OCH3 is 1. The molecule has 0 aliphatic carbocycles. The van der Waals surface area contributed by atoms with Gasteiger partial charge >= 0.3 is 5.69 Å². The second kappa shape index (κ2) is 5.66. The fourth-order valence-electron chi connectivity index (χ4n) is 2.10. The lowest BCUT2D eigenvalue weighted by Gasteiger charge is -2.09. The van der Waals surface area contributed by atoms with E-state index >= 15 is 0 Å². The summed E-state index contributed by atoms with van der Waals surface area (Å²) in [6.45, 7) is 4.31. The van der Waals surface area contributed by atoms with Gasteiger partial charge in [0, 0.05) is 24.0 Å². The highest BCUT2D eigenvalue weighted by molar-refractivity contribution is 5.42. The molecule has 5 nitrogen and oxygen atoms in total. The Morgan fingerprint density at radius 3 is 2.65 bits per heavy atom. The Bertz CT molecular complexity index is 705. The van der Waals surface area contributed by atoms with Crippen LogP contribution in [0.3, 0.4) is 0 Å². The summed E-state index contributed by atoms with van der Waals surface area (Å²) in [5.74, 6) is 0.674. The molecule has 0 unspecified atom stereocenters.